The van der Waals surface area contributed by atoms with Crippen LogP contribution in [-0.4, -0.2) is 23.6 Å². The number of Topliss-reactive ketones (excluding diaryl/α,β-unsaturated/α-hetero) is 1. The summed E-state index contributed by atoms with van der Waals surface area (Å²) < 4.78 is 5.10. The van der Waals surface area contributed by atoms with Gasteiger partial charge in [0.25, 0.3) is 0 Å². The zero-order valence-corrected chi connectivity index (χ0v) is 10.4. The number of rotatable bonds is 3. The number of esters is 1. The first-order valence-electron chi connectivity index (χ1n) is 4.29. The van der Waals surface area contributed by atoms with E-state index in [0.717, 1.165) is 11.3 Å². The van der Waals surface area contributed by atoms with Crippen molar-refractivity contribution in [1.82, 2.24) is 0 Å². The minimum atomic E-state index is -1.08. The van der Waals surface area contributed by atoms with Crippen LogP contribution < -0.4 is 0 Å². The smallest absolute Gasteiger partial charge is 0.404 e. The molecule has 0 fully saturated rings. The number of carbonyl (C=O) groups is 3. The van der Waals surface area contributed by atoms with E-state index in [-0.39, 0.29) is 22.2 Å². The first kappa shape index (κ1) is 12.2. The Bertz CT molecular complexity index is 563. The van der Waals surface area contributed by atoms with E-state index >= 15 is 0 Å². The largest absolute Gasteiger partial charge is 0.405 e. The number of halogens is 2. The molecule has 0 atom stereocenters. The second kappa shape index (κ2) is 4.56. The van der Waals surface area contributed by atoms with E-state index in [1.165, 1.54) is 6.07 Å². The Balaban J connectivity index is 2.13. The van der Waals surface area contributed by atoms with Gasteiger partial charge in [0.2, 0.25) is 5.90 Å². The fraction of sp³-hybridized carbons (Fsp3) is 0.111. The van der Waals surface area contributed by atoms with Crippen LogP contribution in [-0.2, 0) is 14.3 Å². The van der Waals surface area contributed by atoms with Crippen molar-refractivity contribution in [2.45, 2.75) is 6.42 Å². The van der Waals surface area contributed by atoms with Crippen LogP contribution in [0.5, 0.6) is 0 Å². The molecule has 1 aromatic heterocycles. The van der Waals surface area contributed by atoms with Crippen LogP contribution in [0.4, 0.5) is 0 Å². The van der Waals surface area contributed by atoms with E-state index in [1.54, 1.807) is 0 Å². The molecule has 0 aliphatic carbocycles. The van der Waals surface area contributed by atoms with Crippen LogP contribution in [0.3, 0.4) is 0 Å². The van der Waals surface area contributed by atoms with Crippen LogP contribution in [0.15, 0.2) is 11.1 Å². The van der Waals surface area contributed by atoms with Gasteiger partial charge in [0.1, 0.15) is 4.34 Å². The number of amides is 1. The lowest BCUT2D eigenvalue weighted by Crippen LogP contribution is -2.11. The Morgan fingerprint density at radius 2 is 2.12 bits per heavy atom. The summed E-state index contributed by atoms with van der Waals surface area (Å²) in [6.45, 7) is 0. The maximum absolute atomic E-state index is 11.7. The van der Waals surface area contributed by atoms with Gasteiger partial charge in [0.15, 0.2) is 5.78 Å². The molecule has 0 saturated carbocycles. The number of cyclic esters (lactones) is 1. The molecule has 1 amide bonds. The molecule has 17 heavy (non-hydrogen) atoms. The molecule has 2 rings (SSSR count). The maximum Gasteiger partial charge on any atom is 0.405 e. The molecular formula is C9H3Cl2NO4S. The highest BCUT2D eigenvalue weighted by Gasteiger charge is 2.28. The van der Waals surface area contributed by atoms with Crippen LogP contribution in [0.2, 0.25) is 8.67 Å². The fourth-order valence-electron chi connectivity index (χ4n) is 1.17. The van der Waals surface area contributed by atoms with Crippen molar-refractivity contribution < 1.29 is 19.1 Å². The Hall–Kier alpha value is -1.24. The molecule has 1 aliphatic rings. The summed E-state index contributed by atoms with van der Waals surface area (Å²) in [5.41, 5.74) is 0.222. The van der Waals surface area contributed by atoms with E-state index in [4.69, 9.17) is 23.2 Å². The van der Waals surface area contributed by atoms with Crippen molar-refractivity contribution in [2.75, 3.05) is 0 Å². The summed E-state index contributed by atoms with van der Waals surface area (Å²) in [6, 6.07) is 1.41. The molecule has 0 spiro atoms. The minimum absolute atomic E-state index is 0.219. The van der Waals surface area contributed by atoms with E-state index in [9.17, 15) is 14.4 Å². The topological polar surface area (TPSA) is 72.8 Å². The average molecular weight is 292 g/mol. The maximum atomic E-state index is 11.7. The predicted molar refractivity (Wildman–Crippen MR) is 61.8 cm³/mol. The lowest BCUT2D eigenvalue weighted by Gasteiger charge is -1.97. The monoisotopic (exact) mass is 291 g/mol. The van der Waals surface area contributed by atoms with Crippen LogP contribution in [0.1, 0.15) is 16.8 Å². The van der Waals surface area contributed by atoms with Gasteiger partial charge in [-0.15, -0.1) is 11.3 Å². The number of nitrogens with zero attached hydrogens (tertiary/aromatic N) is 1. The number of ether oxygens (including phenoxy) is 1. The van der Waals surface area contributed by atoms with E-state index in [2.05, 4.69) is 9.73 Å². The quantitative estimate of drug-likeness (QED) is 0.486. The molecule has 2 heterocycles. The number of hydrogen-bond donors (Lipinski definition) is 0. The summed E-state index contributed by atoms with van der Waals surface area (Å²) >= 11 is 12.5. The van der Waals surface area contributed by atoms with Crippen molar-refractivity contribution in [3.8, 4) is 0 Å². The van der Waals surface area contributed by atoms with Crippen LogP contribution in [0.25, 0.3) is 0 Å². The first-order chi connectivity index (χ1) is 7.97. The van der Waals surface area contributed by atoms with Gasteiger partial charge in [-0.2, -0.15) is 4.99 Å². The van der Waals surface area contributed by atoms with Crippen molar-refractivity contribution in [1.29, 1.82) is 0 Å². The molecule has 1 aliphatic heterocycles. The van der Waals surface area contributed by atoms with Crippen molar-refractivity contribution in [3.63, 3.8) is 0 Å². The second-order valence-electron chi connectivity index (χ2n) is 3.04. The van der Waals surface area contributed by atoms with Gasteiger partial charge >= 0.3 is 11.9 Å². The van der Waals surface area contributed by atoms with Gasteiger partial charge in [-0.25, -0.2) is 4.79 Å². The van der Waals surface area contributed by atoms with Crippen molar-refractivity contribution in [2.24, 2.45) is 4.99 Å². The molecule has 0 unspecified atom stereocenters. The average Bonchev–Trinajstić information content (AvgIpc) is 2.71. The molecular weight excluding hydrogens is 289 g/mol. The molecule has 0 saturated heterocycles. The van der Waals surface area contributed by atoms with E-state index in [0.29, 0.717) is 4.34 Å². The minimum Gasteiger partial charge on any atom is -0.404 e. The Morgan fingerprint density at radius 3 is 2.59 bits per heavy atom. The van der Waals surface area contributed by atoms with Gasteiger partial charge in [0.05, 0.1) is 10.8 Å². The van der Waals surface area contributed by atoms with E-state index < -0.39 is 17.7 Å². The molecule has 0 aromatic carbocycles. The fourth-order valence-corrected chi connectivity index (χ4v) is 2.67. The predicted octanol–water partition coefficient (Wildman–Crippen LogP) is 2.11. The number of ketones is 1. The summed E-state index contributed by atoms with van der Waals surface area (Å²) in [7, 11) is 0. The van der Waals surface area contributed by atoms with Crippen molar-refractivity contribution >= 4 is 58.1 Å². The van der Waals surface area contributed by atoms with Gasteiger partial charge in [-0.05, 0) is 6.07 Å². The standard InChI is InChI=1S/C9H3Cl2NO4S/c10-5-1-3(7(11)17-5)4(13)2-6-12-8(14)9(15)16-6/h1H,2H2. The molecule has 0 bridgehead atoms. The summed E-state index contributed by atoms with van der Waals surface area (Å²) in [5, 5.41) is 0. The first-order valence-corrected chi connectivity index (χ1v) is 5.86. The second-order valence-corrected chi connectivity index (χ2v) is 5.32. The highest BCUT2D eigenvalue weighted by molar-refractivity contribution is 7.20. The lowest BCUT2D eigenvalue weighted by atomic mass is 10.1. The third kappa shape index (κ3) is 2.54. The van der Waals surface area contributed by atoms with Crippen LogP contribution >= 0.6 is 34.5 Å². The highest BCUT2D eigenvalue weighted by Crippen LogP contribution is 2.32. The van der Waals surface area contributed by atoms with Crippen molar-refractivity contribution in [3.05, 3.63) is 20.3 Å². The molecule has 1 aromatic rings. The molecule has 0 radical (unpaired) electrons. The van der Waals surface area contributed by atoms with Gasteiger partial charge in [-0.1, -0.05) is 23.2 Å². The lowest BCUT2D eigenvalue weighted by molar-refractivity contribution is -0.145. The van der Waals surface area contributed by atoms with Crippen LogP contribution in [0, 0.1) is 0 Å². The molecule has 5 nitrogen and oxygen atoms in total. The number of hydrogen-bond acceptors (Lipinski definition) is 5. The third-order valence-corrected chi connectivity index (χ3v) is 3.37. The highest BCUT2D eigenvalue weighted by atomic mass is 35.5. The Labute approximate surface area is 109 Å². The normalized spacial score (nSPS) is 14.8. The summed E-state index contributed by atoms with van der Waals surface area (Å²) in [4.78, 5) is 36.5. The molecule has 0 N–H and O–H groups in total. The zero-order chi connectivity index (χ0) is 12.6. The summed E-state index contributed by atoms with van der Waals surface area (Å²) in [6.07, 6.45) is -0.301. The van der Waals surface area contributed by atoms with Gasteiger partial charge in [-0.3, -0.25) is 9.59 Å². The summed E-state index contributed by atoms with van der Waals surface area (Å²) in [5.74, 6) is -2.73. The zero-order valence-electron chi connectivity index (χ0n) is 8.03. The Kier molecular flexibility index (Phi) is 3.28. The Morgan fingerprint density at radius 1 is 1.41 bits per heavy atom. The number of thiophene rings is 1. The van der Waals surface area contributed by atoms with E-state index in [1.807, 2.05) is 0 Å². The number of carbonyl (C=O) groups excluding carboxylic acids is 3. The van der Waals surface area contributed by atoms with Gasteiger partial charge < -0.3 is 4.74 Å². The molecule has 88 valence electrons. The van der Waals surface area contributed by atoms with Gasteiger partial charge in [0, 0.05) is 5.56 Å². The SMILES string of the molecule is O=C1N=C(CC(=O)c2cc(Cl)sc2Cl)OC1=O. The number of aliphatic imine (C=N–C) groups is 1. The third-order valence-electron chi connectivity index (χ3n) is 1.88. The molecule has 8 heteroatoms.